The fourth-order valence-electron chi connectivity index (χ4n) is 2.57. The van der Waals surface area contributed by atoms with Crippen LogP contribution in [-0.4, -0.2) is 40.4 Å². The van der Waals surface area contributed by atoms with E-state index in [0.717, 1.165) is 23.9 Å². The number of hydrogen-bond acceptors (Lipinski definition) is 5. The molecule has 1 amide bonds. The van der Waals surface area contributed by atoms with Crippen LogP contribution in [0.1, 0.15) is 24.2 Å². The van der Waals surface area contributed by atoms with Crippen molar-refractivity contribution in [2.45, 2.75) is 19.6 Å². The van der Waals surface area contributed by atoms with Crippen LogP contribution in [-0.2, 0) is 11.3 Å². The molecule has 25 heavy (non-hydrogen) atoms. The quantitative estimate of drug-likeness (QED) is 0.391. The molecule has 1 unspecified atom stereocenters. The summed E-state index contributed by atoms with van der Waals surface area (Å²) in [4.78, 5) is 13.7. The van der Waals surface area contributed by atoms with Crippen LogP contribution in [0.15, 0.2) is 59.8 Å². The van der Waals surface area contributed by atoms with Gasteiger partial charge >= 0.3 is 0 Å². The molecule has 132 valence electrons. The Hall–Kier alpha value is -2.70. The zero-order valence-corrected chi connectivity index (χ0v) is 14.2. The molecule has 0 saturated carbocycles. The van der Waals surface area contributed by atoms with Gasteiger partial charge in [0.1, 0.15) is 6.21 Å². The Labute approximate surface area is 147 Å². The lowest BCUT2D eigenvalue weighted by Crippen LogP contribution is -2.28. The molecule has 1 atom stereocenters. The van der Waals surface area contributed by atoms with Gasteiger partial charge in [0.15, 0.2) is 0 Å². The van der Waals surface area contributed by atoms with Crippen LogP contribution in [0.2, 0.25) is 0 Å². The second kappa shape index (κ2) is 9.56. The molecule has 0 spiro atoms. The Balaban J connectivity index is 2.07. The highest BCUT2D eigenvalue weighted by atomic mass is 16.4. The van der Waals surface area contributed by atoms with E-state index >= 15 is 0 Å². The first kappa shape index (κ1) is 18.6. The SMILES string of the molecule is CCN(Cc1ccccc1NC(=O)C=NO)CC(O)c1ccccc1. The van der Waals surface area contributed by atoms with Gasteiger partial charge in [0.25, 0.3) is 5.91 Å². The second-order valence-corrected chi connectivity index (χ2v) is 5.65. The Morgan fingerprint density at radius 3 is 2.56 bits per heavy atom. The topological polar surface area (TPSA) is 85.2 Å². The molecule has 0 radical (unpaired) electrons. The van der Waals surface area contributed by atoms with E-state index in [-0.39, 0.29) is 0 Å². The first-order chi connectivity index (χ1) is 12.1. The summed E-state index contributed by atoms with van der Waals surface area (Å²) in [6.07, 6.45) is 0.234. The van der Waals surface area contributed by atoms with Gasteiger partial charge < -0.3 is 15.6 Å². The number of nitrogens with one attached hydrogen (secondary N) is 1. The zero-order chi connectivity index (χ0) is 18.1. The van der Waals surface area contributed by atoms with Crippen molar-refractivity contribution in [3.63, 3.8) is 0 Å². The van der Waals surface area contributed by atoms with Gasteiger partial charge in [0.05, 0.1) is 6.10 Å². The van der Waals surface area contributed by atoms with Crippen LogP contribution in [0.5, 0.6) is 0 Å². The van der Waals surface area contributed by atoms with Crippen molar-refractivity contribution in [1.29, 1.82) is 0 Å². The van der Waals surface area contributed by atoms with Gasteiger partial charge in [-0.15, -0.1) is 0 Å². The van der Waals surface area contributed by atoms with E-state index in [0.29, 0.717) is 18.8 Å². The van der Waals surface area contributed by atoms with Crippen LogP contribution in [0.3, 0.4) is 0 Å². The average Bonchev–Trinajstić information content (AvgIpc) is 2.63. The number of hydrogen-bond donors (Lipinski definition) is 3. The van der Waals surface area contributed by atoms with E-state index in [1.807, 2.05) is 55.5 Å². The van der Waals surface area contributed by atoms with Crippen molar-refractivity contribution in [3.8, 4) is 0 Å². The molecule has 0 aliphatic heterocycles. The maximum atomic E-state index is 11.6. The van der Waals surface area contributed by atoms with Gasteiger partial charge in [0.2, 0.25) is 0 Å². The van der Waals surface area contributed by atoms with Gasteiger partial charge in [-0.1, -0.05) is 60.6 Å². The van der Waals surface area contributed by atoms with Crippen molar-refractivity contribution in [2.75, 3.05) is 18.4 Å². The number of oxime groups is 1. The monoisotopic (exact) mass is 341 g/mol. The number of para-hydroxylation sites is 1. The highest BCUT2D eigenvalue weighted by Gasteiger charge is 2.14. The molecule has 6 heteroatoms. The summed E-state index contributed by atoms with van der Waals surface area (Å²) in [5.74, 6) is -0.498. The molecule has 3 N–H and O–H groups in total. The van der Waals surface area contributed by atoms with Crippen molar-refractivity contribution in [2.24, 2.45) is 5.16 Å². The standard InChI is InChI=1S/C19H23N3O3/c1-2-22(14-18(23)15-8-4-3-5-9-15)13-16-10-6-7-11-17(16)21-19(24)12-20-25/h3-12,18,23,25H,2,13-14H2,1H3,(H,21,24). The van der Waals surface area contributed by atoms with E-state index in [1.165, 1.54) is 0 Å². The molecule has 0 saturated heterocycles. The van der Waals surface area contributed by atoms with E-state index in [9.17, 15) is 9.90 Å². The molecule has 0 aromatic heterocycles. The Bertz CT molecular complexity index is 704. The number of benzene rings is 2. The lowest BCUT2D eigenvalue weighted by molar-refractivity contribution is -0.110. The summed E-state index contributed by atoms with van der Waals surface area (Å²) in [6.45, 7) is 3.84. The molecule has 0 heterocycles. The van der Waals surface area contributed by atoms with Crippen LogP contribution in [0.4, 0.5) is 5.69 Å². The minimum Gasteiger partial charge on any atom is -0.411 e. The van der Waals surface area contributed by atoms with Crippen LogP contribution in [0, 0.1) is 0 Å². The lowest BCUT2D eigenvalue weighted by Gasteiger charge is -2.25. The molecule has 0 fully saturated rings. The van der Waals surface area contributed by atoms with Gasteiger partial charge in [-0.05, 0) is 23.7 Å². The molecule has 2 aromatic carbocycles. The Morgan fingerprint density at radius 2 is 1.88 bits per heavy atom. The van der Waals surface area contributed by atoms with E-state index in [4.69, 9.17) is 5.21 Å². The van der Waals surface area contributed by atoms with Crippen molar-refractivity contribution < 1.29 is 15.1 Å². The summed E-state index contributed by atoms with van der Waals surface area (Å²) in [7, 11) is 0. The number of rotatable bonds is 8. The normalized spacial score (nSPS) is 12.4. The molecular weight excluding hydrogens is 318 g/mol. The van der Waals surface area contributed by atoms with E-state index in [1.54, 1.807) is 6.07 Å². The number of anilines is 1. The largest absolute Gasteiger partial charge is 0.411 e. The van der Waals surface area contributed by atoms with Gasteiger partial charge in [-0.3, -0.25) is 9.69 Å². The second-order valence-electron chi connectivity index (χ2n) is 5.65. The van der Waals surface area contributed by atoms with Crippen LogP contribution >= 0.6 is 0 Å². The third-order valence-corrected chi connectivity index (χ3v) is 3.91. The minimum absolute atomic E-state index is 0.487. The number of carbonyl (C=O) groups excluding carboxylic acids is 1. The first-order valence-electron chi connectivity index (χ1n) is 8.15. The number of carbonyl (C=O) groups is 1. The summed E-state index contributed by atoms with van der Waals surface area (Å²) in [6, 6.07) is 17.0. The smallest absolute Gasteiger partial charge is 0.270 e. The fraction of sp³-hybridized carbons (Fsp3) is 0.263. The number of nitrogens with zero attached hydrogens (tertiary/aromatic N) is 2. The molecule has 2 rings (SSSR count). The molecule has 0 bridgehead atoms. The predicted molar refractivity (Wildman–Crippen MR) is 97.7 cm³/mol. The third kappa shape index (κ3) is 5.70. The summed E-state index contributed by atoms with van der Waals surface area (Å²) >= 11 is 0. The number of likely N-dealkylation sites (N-methyl/N-ethyl adjacent to an activating group) is 1. The number of amides is 1. The van der Waals surface area contributed by atoms with Gasteiger partial charge in [0, 0.05) is 18.8 Å². The molecular formula is C19H23N3O3. The number of aliphatic hydroxyl groups is 1. The van der Waals surface area contributed by atoms with E-state index < -0.39 is 12.0 Å². The molecule has 6 nitrogen and oxygen atoms in total. The lowest BCUT2D eigenvalue weighted by atomic mass is 10.1. The zero-order valence-electron chi connectivity index (χ0n) is 14.2. The van der Waals surface area contributed by atoms with Gasteiger partial charge in [-0.2, -0.15) is 0 Å². The van der Waals surface area contributed by atoms with Crippen molar-refractivity contribution in [1.82, 2.24) is 4.90 Å². The minimum atomic E-state index is -0.579. The van der Waals surface area contributed by atoms with Crippen molar-refractivity contribution in [3.05, 3.63) is 65.7 Å². The molecule has 0 aliphatic rings. The summed E-state index contributed by atoms with van der Waals surface area (Å²) < 4.78 is 0. The average molecular weight is 341 g/mol. The summed E-state index contributed by atoms with van der Waals surface area (Å²) in [5, 5.41) is 24.3. The first-order valence-corrected chi connectivity index (χ1v) is 8.15. The number of aliphatic hydroxyl groups excluding tert-OH is 1. The Morgan fingerprint density at radius 1 is 1.20 bits per heavy atom. The molecule has 2 aromatic rings. The van der Waals surface area contributed by atoms with Crippen molar-refractivity contribution >= 4 is 17.8 Å². The predicted octanol–water partition coefficient (Wildman–Crippen LogP) is 2.64. The third-order valence-electron chi connectivity index (χ3n) is 3.91. The molecule has 0 aliphatic carbocycles. The fourth-order valence-corrected chi connectivity index (χ4v) is 2.57. The summed E-state index contributed by atoms with van der Waals surface area (Å²) in [5.41, 5.74) is 2.45. The van der Waals surface area contributed by atoms with Crippen LogP contribution < -0.4 is 5.32 Å². The van der Waals surface area contributed by atoms with Gasteiger partial charge in [-0.25, -0.2) is 0 Å². The maximum absolute atomic E-state index is 11.6. The Kier molecular flexibility index (Phi) is 7.13. The van der Waals surface area contributed by atoms with Crippen LogP contribution in [0.25, 0.3) is 0 Å². The van der Waals surface area contributed by atoms with E-state index in [2.05, 4.69) is 15.4 Å². The maximum Gasteiger partial charge on any atom is 0.270 e. The highest BCUT2D eigenvalue weighted by Crippen LogP contribution is 2.20. The highest BCUT2D eigenvalue weighted by molar-refractivity contribution is 6.31.